The Morgan fingerprint density at radius 1 is 1.15 bits per heavy atom. The van der Waals surface area contributed by atoms with E-state index in [2.05, 4.69) is 10.2 Å². The molecule has 0 spiro atoms. The molecule has 5 N–H and O–H groups in total. The van der Waals surface area contributed by atoms with Crippen LogP contribution in [0.4, 0.5) is 0 Å². The third kappa shape index (κ3) is 9.74. The minimum atomic E-state index is -2.17. The van der Waals surface area contributed by atoms with Gasteiger partial charge in [-0.05, 0) is 0 Å². The fourth-order valence-corrected chi connectivity index (χ4v) is 1.08. The molecule has 13 heavy (non-hydrogen) atoms. The van der Waals surface area contributed by atoms with E-state index in [1.165, 1.54) is 0 Å². The van der Waals surface area contributed by atoms with E-state index in [1.807, 2.05) is 0 Å². The van der Waals surface area contributed by atoms with Crippen molar-refractivity contribution in [2.75, 3.05) is 39.3 Å². The van der Waals surface area contributed by atoms with Crippen LogP contribution in [-0.4, -0.2) is 71.7 Å². The molecular formula is C6H17BN2O4. The molecule has 1 fully saturated rings. The highest BCUT2D eigenvalue weighted by Gasteiger charge is 2.06. The molecule has 7 heteroatoms. The number of nitrogens with zero attached hydrogens (tertiary/aromatic N) is 1. The first kappa shape index (κ1) is 12.8. The molecule has 1 rings (SSSR count). The number of β-amino-alcohol motifs (C(OH)–C–C–N with tert-alkyl or cyclic N) is 1. The molecule has 0 unspecified atom stereocenters. The predicted octanol–water partition coefficient (Wildman–Crippen LogP) is -3.17. The van der Waals surface area contributed by atoms with Gasteiger partial charge in [-0.15, -0.1) is 0 Å². The van der Waals surface area contributed by atoms with Crippen LogP contribution >= 0.6 is 0 Å². The van der Waals surface area contributed by atoms with Gasteiger partial charge in [-0.3, -0.25) is 4.90 Å². The Kier molecular flexibility index (Phi) is 8.31. The molecule has 6 nitrogen and oxygen atoms in total. The van der Waals surface area contributed by atoms with Gasteiger partial charge in [0.15, 0.2) is 0 Å². The maximum atomic E-state index is 8.56. The normalized spacial score (nSPS) is 17.5. The van der Waals surface area contributed by atoms with Gasteiger partial charge in [0.25, 0.3) is 0 Å². The van der Waals surface area contributed by atoms with Gasteiger partial charge in [-0.2, -0.15) is 0 Å². The molecule has 78 valence electrons. The summed E-state index contributed by atoms with van der Waals surface area (Å²) in [7, 11) is -2.17. The number of hydrogen-bond donors (Lipinski definition) is 5. The van der Waals surface area contributed by atoms with Gasteiger partial charge >= 0.3 is 7.32 Å². The summed E-state index contributed by atoms with van der Waals surface area (Å²) in [6.07, 6.45) is 0. The van der Waals surface area contributed by atoms with Gasteiger partial charge in [-0.25, -0.2) is 0 Å². The Bertz CT molecular complexity index is 105. The van der Waals surface area contributed by atoms with E-state index in [1.54, 1.807) is 0 Å². The van der Waals surface area contributed by atoms with Crippen molar-refractivity contribution in [3.05, 3.63) is 0 Å². The molecule has 0 aromatic carbocycles. The largest absolute Gasteiger partial charge is 0.631 e. The zero-order valence-corrected chi connectivity index (χ0v) is 7.56. The van der Waals surface area contributed by atoms with Crippen molar-refractivity contribution in [3.63, 3.8) is 0 Å². The first-order valence-electron chi connectivity index (χ1n) is 4.25. The van der Waals surface area contributed by atoms with Gasteiger partial charge in [0, 0.05) is 32.7 Å². The molecule has 1 heterocycles. The molecule has 0 atom stereocenters. The van der Waals surface area contributed by atoms with Crippen LogP contribution in [0.3, 0.4) is 0 Å². The van der Waals surface area contributed by atoms with E-state index < -0.39 is 7.32 Å². The highest BCUT2D eigenvalue weighted by Crippen LogP contribution is 1.88. The lowest BCUT2D eigenvalue weighted by atomic mass is 10.3. The minimum absolute atomic E-state index is 0.292. The van der Waals surface area contributed by atoms with Crippen molar-refractivity contribution >= 4 is 7.32 Å². The topological polar surface area (TPSA) is 96.2 Å². The SMILES string of the molecule is OB(O)O.OCCN1CCNCC1. The standard InChI is InChI=1S/C6H14N2O.BH3O3/c9-6-5-8-3-1-7-2-4-8;2-1(3)4/h7,9H,1-6H2;2-4H. The zero-order valence-electron chi connectivity index (χ0n) is 7.56. The molecule has 1 saturated heterocycles. The minimum Gasteiger partial charge on any atom is -0.402 e. The Morgan fingerprint density at radius 3 is 2.00 bits per heavy atom. The Hall–Kier alpha value is -0.175. The maximum Gasteiger partial charge on any atom is 0.631 e. The second kappa shape index (κ2) is 8.42. The van der Waals surface area contributed by atoms with Crippen molar-refractivity contribution in [1.29, 1.82) is 0 Å². The number of aliphatic hydroxyl groups excluding tert-OH is 1. The highest BCUT2D eigenvalue weighted by molar-refractivity contribution is 6.30. The number of hydrogen-bond acceptors (Lipinski definition) is 6. The maximum absolute atomic E-state index is 8.56. The molecule has 1 aliphatic heterocycles. The second-order valence-corrected chi connectivity index (χ2v) is 2.66. The number of aliphatic hydroxyl groups is 1. The summed E-state index contributed by atoms with van der Waals surface area (Å²) < 4.78 is 0. The summed E-state index contributed by atoms with van der Waals surface area (Å²) in [5.41, 5.74) is 0. The van der Waals surface area contributed by atoms with Crippen LogP contribution < -0.4 is 5.32 Å². The Morgan fingerprint density at radius 2 is 1.62 bits per heavy atom. The molecule has 0 saturated carbocycles. The van der Waals surface area contributed by atoms with Crippen LogP contribution in [0.1, 0.15) is 0 Å². The van der Waals surface area contributed by atoms with Crippen LogP contribution in [-0.2, 0) is 0 Å². The van der Waals surface area contributed by atoms with E-state index in [9.17, 15) is 0 Å². The van der Waals surface area contributed by atoms with Crippen LogP contribution in [0.2, 0.25) is 0 Å². The van der Waals surface area contributed by atoms with E-state index in [4.69, 9.17) is 20.2 Å². The second-order valence-electron chi connectivity index (χ2n) is 2.66. The Balaban J connectivity index is 0.000000310. The van der Waals surface area contributed by atoms with Crippen molar-refractivity contribution in [3.8, 4) is 0 Å². The summed E-state index contributed by atoms with van der Waals surface area (Å²) in [4.78, 5) is 2.26. The molecule has 0 aromatic rings. The molecular weight excluding hydrogens is 175 g/mol. The fraction of sp³-hybridized carbons (Fsp3) is 1.00. The van der Waals surface area contributed by atoms with Crippen LogP contribution in [0.25, 0.3) is 0 Å². The molecule has 0 radical (unpaired) electrons. The summed E-state index contributed by atoms with van der Waals surface area (Å²) in [5.74, 6) is 0. The zero-order chi connectivity index (χ0) is 10.1. The van der Waals surface area contributed by atoms with E-state index in [-0.39, 0.29) is 0 Å². The van der Waals surface area contributed by atoms with Crippen molar-refractivity contribution in [2.45, 2.75) is 0 Å². The average molecular weight is 192 g/mol. The number of piperazine rings is 1. The van der Waals surface area contributed by atoms with Crippen molar-refractivity contribution < 1.29 is 20.2 Å². The first-order valence-corrected chi connectivity index (χ1v) is 4.25. The van der Waals surface area contributed by atoms with Gasteiger partial charge < -0.3 is 25.5 Å². The predicted molar refractivity (Wildman–Crippen MR) is 48.8 cm³/mol. The first-order chi connectivity index (χ1) is 6.16. The third-order valence-corrected chi connectivity index (χ3v) is 1.63. The summed E-state index contributed by atoms with van der Waals surface area (Å²) in [6.45, 7) is 5.43. The summed E-state index contributed by atoms with van der Waals surface area (Å²) in [5, 5.41) is 33.3. The molecule has 0 aromatic heterocycles. The monoisotopic (exact) mass is 192 g/mol. The summed E-state index contributed by atoms with van der Waals surface area (Å²) >= 11 is 0. The van der Waals surface area contributed by atoms with E-state index in [0.29, 0.717) is 6.61 Å². The van der Waals surface area contributed by atoms with E-state index >= 15 is 0 Å². The average Bonchev–Trinajstić information content (AvgIpc) is 2.06. The summed E-state index contributed by atoms with van der Waals surface area (Å²) in [6, 6.07) is 0. The van der Waals surface area contributed by atoms with Gasteiger partial charge in [-0.1, -0.05) is 0 Å². The van der Waals surface area contributed by atoms with Crippen LogP contribution in [0, 0.1) is 0 Å². The van der Waals surface area contributed by atoms with Gasteiger partial charge in [0.2, 0.25) is 0 Å². The fourth-order valence-electron chi connectivity index (χ4n) is 1.08. The van der Waals surface area contributed by atoms with Gasteiger partial charge in [0.1, 0.15) is 0 Å². The molecule has 1 aliphatic rings. The van der Waals surface area contributed by atoms with E-state index in [0.717, 1.165) is 32.7 Å². The van der Waals surface area contributed by atoms with Gasteiger partial charge in [0.05, 0.1) is 6.61 Å². The van der Waals surface area contributed by atoms with Crippen molar-refractivity contribution in [1.82, 2.24) is 10.2 Å². The number of rotatable bonds is 2. The van der Waals surface area contributed by atoms with Crippen LogP contribution in [0.15, 0.2) is 0 Å². The molecule has 0 amide bonds. The van der Waals surface area contributed by atoms with Crippen molar-refractivity contribution in [2.24, 2.45) is 0 Å². The lowest BCUT2D eigenvalue weighted by Crippen LogP contribution is -2.44. The lowest BCUT2D eigenvalue weighted by molar-refractivity contribution is 0.180. The smallest absolute Gasteiger partial charge is 0.402 e. The number of nitrogens with one attached hydrogen (secondary N) is 1. The Labute approximate surface area is 78.0 Å². The third-order valence-electron chi connectivity index (χ3n) is 1.63. The molecule has 0 bridgehead atoms. The lowest BCUT2D eigenvalue weighted by Gasteiger charge is -2.25. The molecule has 0 aliphatic carbocycles. The highest BCUT2D eigenvalue weighted by atomic mass is 16.5. The quantitative estimate of drug-likeness (QED) is 0.296. The van der Waals surface area contributed by atoms with Crippen LogP contribution in [0.5, 0.6) is 0 Å².